The van der Waals surface area contributed by atoms with Gasteiger partial charge < -0.3 is 19.9 Å². The highest BCUT2D eigenvalue weighted by molar-refractivity contribution is 5.79. The van der Waals surface area contributed by atoms with E-state index < -0.39 is 24.2 Å². The monoisotopic (exact) mass is 383 g/mol. The van der Waals surface area contributed by atoms with Crippen LogP contribution in [0.5, 0.6) is 0 Å². The maximum absolute atomic E-state index is 12.3. The molecule has 0 saturated carbocycles. The van der Waals surface area contributed by atoms with Crippen LogP contribution in [0, 0.1) is 0 Å². The summed E-state index contributed by atoms with van der Waals surface area (Å²) in [6.07, 6.45) is -0.975. The number of hydrogen-bond donors (Lipinski definition) is 2. The highest BCUT2D eigenvalue weighted by atomic mass is 16.6. The summed E-state index contributed by atoms with van der Waals surface area (Å²) < 4.78 is 10.0. The number of hydrogen-bond acceptors (Lipinski definition) is 5. The number of esters is 1. The van der Waals surface area contributed by atoms with E-state index in [-0.39, 0.29) is 12.5 Å². The number of carbonyl (C=O) groups is 2. The molecule has 2 aromatic carbocycles. The van der Waals surface area contributed by atoms with E-state index in [1.54, 1.807) is 0 Å². The number of aliphatic hydroxyl groups excluding tert-OH is 1. The van der Waals surface area contributed by atoms with Gasteiger partial charge in [-0.15, -0.1) is 0 Å². The number of rotatable bonds is 7. The summed E-state index contributed by atoms with van der Waals surface area (Å²) >= 11 is 0. The van der Waals surface area contributed by atoms with Crippen LogP contribution in [0.3, 0.4) is 0 Å². The molecule has 1 aliphatic rings. The van der Waals surface area contributed by atoms with Gasteiger partial charge in [0.05, 0.1) is 13.2 Å². The van der Waals surface area contributed by atoms with Gasteiger partial charge in [-0.3, -0.25) is 0 Å². The topological polar surface area (TPSA) is 84.9 Å². The summed E-state index contributed by atoms with van der Waals surface area (Å²) in [7, 11) is 1.20. The Morgan fingerprint density at radius 3 is 2.18 bits per heavy atom. The molecule has 0 heterocycles. The fourth-order valence-electron chi connectivity index (χ4n) is 3.70. The highest BCUT2D eigenvalue weighted by Crippen LogP contribution is 2.44. The van der Waals surface area contributed by atoms with Crippen LogP contribution in [0.4, 0.5) is 4.79 Å². The van der Waals surface area contributed by atoms with Gasteiger partial charge in [-0.2, -0.15) is 0 Å². The summed E-state index contributed by atoms with van der Waals surface area (Å²) in [5.74, 6) is -0.828. The maximum Gasteiger partial charge on any atom is 0.407 e. The quantitative estimate of drug-likeness (QED) is 0.717. The van der Waals surface area contributed by atoms with Crippen molar-refractivity contribution in [3.63, 3.8) is 0 Å². The van der Waals surface area contributed by atoms with Gasteiger partial charge in [0.25, 0.3) is 0 Å². The van der Waals surface area contributed by atoms with Gasteiger partial charge in [0, 0.05) is 5.92 Å². The number of amides is 1. The highest BCUT2D eigenvalue weighted by Gasteiger charge is 2.31. The summed E-state index contributed by atoms with van der Waals surface area (Å²) in [6.45, 7) is 2.07. The van der Waals surface area contributed by atoms with E-state index in [1.165, 1.54) is 7.11 Å². The number of methoxy groups -OCH3 is 1. The zero-order valence-electron chi connectivity index (χ0n) is 16.1. The lowest BCUT2D eigenvalue weighted by molar-refractivity contribution is -0.151. The molecule has 0 radical (unpaired) electrons. The maximum atomic E-state index is 12.3. The second kappa shape index (κ2) is 8.89. The predicted octanol–water partition coefficient (Wildman–Crippen LogP) is 3.23. The largest absolute Gasteiger partial charge is 0.467 e. The first kappa shape index (κ1) is 19.9. The number of aliphatic hydroxyl groups is 1. The normalized spacial score (nSPS) is 14.5. The third kappa shape index (κ3) is 4.02. The van der Waals surface area contributed by atoms with Crippen molar-refractivity contribution in [2.75, 3.05) is 13.7 Å². The predicted molar refractivity (Wildman–Crippen MR) is 105 cm³/mol. The standard InChI is InChI=1S/C22H25NO5/c1-3-8-19(20(24)21(25)27-2)23-22(26)28-13-18-16-11-6-4-9-14(16)15-10-5-7-12-17(15)18/h4-7,9-12,18-20,24H,3,8,13H2,1-2H3,(H,23,26)/t19-,20?/m0/s1. The number of benzene rings is 2. The molecule has 148 valence electrons. The summed E-state index contributed by atoms with van der Waals surface area (Å²) in [5, 5.41) is 12.6. The van der Waals surface area contributed by atoms with Crippen LogP contribution < -0.4 is 5.32 Å². The molecule has 1 amide bonds. The first-order chi connectivity index (χ1) is 13.6. The minimum atomic E-state index is -1.43. The van der Waals surface area contributed by atoms with E-state index >= 15 is 0 Å². The fraction of sp³-hybridized carbons (Fsp3) is 0.364. The van der Waals surface area contributed by atoms with E-state index in [9.17, 15) is 14.7 Å². The Bertz CT molecular complexity index is 805. The number of nitrogens with one attached hydrogen (secondary N) is 1. The Morgan fingerprint density at radius 1 is 1.07 bits per heavy atom. The minimum Gasteiger partial charge on any atom is -0.467 e. The Balaban J connectivity index is 1.68. The van der Waals surface area contributed by atoms with Crippen molar-refractivity contribution in [3.05, 3.63) is 59.7 Å². The van der Waals surface area contributed by atoms with Crippen molar-refractivity contribution < 1.29 is 24.2 Å². The van der Waals surface area contributed by atoms with Crippen molar-refractivity contribution in [1.29, 1.82) is 0 Å². The zero-order valence-corrected chi connectivity index (χ0v) is 16.1. The lowest BCUT2D eigenvalue weighted by Gasteiger charge is -2.22. The molecule has 0 saturated heterocycles. The molecule has 1 aliphatic carbocycles. The van der Waals surface area contributed by atoms with Crippen LogP contribution >= 0.6 is 0 Å². The molecule has 6 nitrogen and oxygen atoms in total. The van der Waals surface area contributed by atoms with Crippen LogP contribution in [0.25, 0.3) is 11.1 Å². The molecule has 1 unspecified atom stereocenters. The van der Waals surface area contributed by atoms with Crippen molar-refractivity contribution in [2.45, 2.75) is 37.8 Å². The van der Waals surface area contributed by atoms with E-state index in [4.69, 9.17) is 4.74 Å². The lowest BCUT2D eigenvalue weighted by Crippen LogP contribution is -2.47. The van der Waals surface area contributed by atoms with Gasteiger partial charge in [-0.25, -0.2) is 9.59 Å². The zero-order chi connectivity index (χ0) is 20.1. The van der Waals surface area contributed by atoms with Crippen LogP contribution in [-0.4, -0.2) is 43.0 Å². The molecule has 0 spiro atoms. The second-order valence-corrected chi connectivity index (χ2v) is 6.83. The van der Waals surface area contributed by atoms with E-state index in [0.29, 0.717) is 12.8 Å². The van der Waals surface area contributed by atoms with Crippen LogP contribution in [0.15, 0.2) is 48.5 Å². The summed E-state index contributed by atoms with van der Waals surface area (Å²) in [6, 6.07) is 15.4. The molecular formula is C22H25NO5. The smallest absolute Gasteiger partial charge is 0.407 e. The van der Waals surface area contributed by atoms with E-state index in [2.05, 4.69) is 22.2 Å². The molecular weight excluding hydrogens is 358 g/mol. The molecule has 2 aromatic rings. The van der Waals surface area contributed by atoms with Crippen LogP contribution in [0.1, 0.15) is 36.8 Å². The average molecular weight is 383 g/mol. The average Bonchev–Trinajstić information content (AvgIpc) is 3.04. The Hall–Kier alpha value is -2.86. The molecule has 0 fully saturated rings. The third-order valence-corrected chi connectivity index (χ3v) is 5.07. The van der Waals surface area contributed by atoms with Crippen molar-refractivity contribution in [1.82, 2.24) is 5.32 Å². The molecule has 0 aromatic heterocycles. The van der Waals surface area contributed by atoms with Crippen molar-refractivity contribution in [3.8, 4) is 11.1 Å². The van der Waals surface area contributed by atoms with Gasteiger partial charge in [-0.1, -0.05) is 61.9 Å². The number of fused-ring (bicyclic) bond motifs is 3. The Morgan fingerprint density at radius 2 is 1.64 bits per heavy atom. The number of ether oxygens (including phenoxy) is 2. The van der Waals surface area contributed by atoms with Crippen molar-refractivity contribution in [2.24, 2.45) is 0 Å². The molecule has 0 aliphatic heterocycles. The molecule has 0 bridgehead atoms. The summed E-state index contributed by atoms with van der Waals surface area (Å²) in [4.78, 5) is 23.9. The summed E-state index contributed by atoms with van der Waals surface area (Å²) in [5.41, 5.74) is 4.54. The third-order valence-electron chi connectivity index (χ3n) is 5.07. The fourth-order valence-corrected chi connectivity index (χ4v) is 3.70. The lowest BCUT2D eigenvalue weighted by atomic mass is 9.98. The van der Waals surface area contributed by atoms with Crippen LogP contribution in [-0.2, 0) is 14.3 Å². The molecule has 6 heteroatoms. The molecule has 28 heavy (non-hydrogen) atoms. The first-order valence-corrected chi connectivity index (χ1v) is 9.44. The van der Waals surface area contributed by atoms with Gasteiger partial charge >= 0.3 is 12.1 Å². The second-order valence-electron chi connectivity index (χ2n) is 6.83. The van der Waals surface area contributed by atoms with Gasteiger partial charge in [0.1, 0.15) is 6.61 Å². The van der Waals surface area contributed by atoms with Gasteiger partial charge in [-0.05, 0) is 28.7 Å². The SMILES string of the molecule is CCC[C@H](NC(=O)OCC1c2ccccc2-c2ccccc21)C(O)C(=O)OC. The van der Waals surface area contributed by atoms with Crippen LogP contribution in [0.2, 0.25) is 0 Å². The van der Waals surface area contributed by atoms with E-state index in [1.807, 2.05) is 43.3 Å². The first-order valence-electron chi connectivity index (χ1n) is 9.44. The molecule has 2 atom stereocenters. The minimum absolute atomic E-state index is 0.0479. The Labute approximate surface area is 164 Å². The molecule has 3 rings (SSSR count). The molecule has 2 N–H and O–H groups in total. The van der Waals surface area contributed by atoms with E-state index in [0.717, 1.165) is 22.3 Å². The Kier molecular flexibility index (Phi) is 6.31. The van der Waals surface area contributed by atoms with Gasteiger partial charge in [0.2, 0.25) is 0 Å². The van der Waals surface area contributed by atoms with Crippen molar-refractivity contribution >= 4 is 12.1 Å². The van der Waals surface area contributed by atoms with Gasteiger partial charge in [0.15, 0.2) is 6.10 Å². The number of carbonyl (C=O) groups excluding carboxylic acids is 2. The number of alkyl carbamates (subject to hydrolysis) is 1.